The molecule has 0 saturated heterocycles. The second-order valence-electron chi connectivity index (χ2n) is 3.75. The average Bonchev–Trinajstić information content (AvgIpc) is 2.23. The zero-order chi connectivity index (χ0) is 11.6. The molecule has 0 amide bonds. The van der Waals surface area contributed by atoms with Crippen molar-refractivity contribution >= 4 is 0 Å². The van der Waals surface area contributed by atoms with Crippen LogP contribution < -0.4 is 10.1 Å². The van der Waals surface area contributed by atoms with Gasteiger partial charge in [-0.3, -0.25) is 5.32 Å². The Morgan fingerprint density at radius 2 is 1.87 bits per heavy atom. The molecular weight excluding hydrogens is 190 g/mol. The minimum atomic E-state index is -0.616. The lowest BCUT2D eigenvalue weighted by Crippen LogP contribution is -2.18. The van der Waals surface area contributed by atoms with Crippen LogP contribution in [0.1, 0.15) is 28.5 Å². The van der Waals surface area contributed by atoms with Crippen molar-refractivity contribution in [1.82, 2.24) is 5.32 Å². The maximum atomic E-state index is 9.83. The van der Waals surface area contributed by atoms with Gasteiger partial charge in [0.15, 0.2) is 0 Å². The average molecular weight is 209 g/mol. The third-order valence-electron chi connectivity index (χ3n) is 2.88. The monoisotopic (exact) mass is 209 g/mol. The number of ether oxygens (including phenoxy) is 1. The lowest BCUT2D eigenvalue weighted by Gasteiger charge is -2.19. The van der Waals surface area contributed by atoms with Gasteiger partial charge >= 0.3 is 0 Å². The molecule has 15 heavy (non-hydrogen) atoms. The largest absolute Gasteiger partial charge is 0.496 e. The molecule has 3 nitrogen and oxygen atoms in total. The Morgan fingerprint density at radius 1 is 1.27 bits per heavy atom. The van der Waals surface area contributed by atoms with E-state index in [1.54, 1.807) is 14.2 Å². The summed E-state index contributed by atoms with van der Waals surface area (Å²) in [5, 5.41) is 12.7. The van der Waals surface area contributed by atoms with Crippen molar-refractivity contribution in [3.05, 3.63) is 28.3 Å². The predicted octanol–water partition coefficient (Wildman–Crippen LogP) is 1.83. The maximum absolute atomic E-state index is 9.83. The van der Waals surface area contributed by atoms with E-state index < -0.39 is 6.23 Å². The molecule has 0 fully saturated rings. The fraction of sp³-hybridized carbons (Fsp3) is 0.500. The number of benzene rings is 1. The van der Waals surface area contributed by atoms with Gasteiger partial charge in [0.1, 0.15) is 12.0 Å². The first kappa shape index (κ1) is 12.0. The predicted molar refractivity (Wildman–Crippen MR) is 61.2 cm³/mol. The number of aliphatic hydroxyl groups excluding tert-OH is 1. The number of aryl methyl sites for hydroxylation is 1. The van der Waals surface area contributed by atoms with Gasteiger partial charge in [-0.15, -0.1) is 0 Å². The van der Waals surface area contributed by atoms with Crippen LogP contribution in [0.4, 0.5) is 0 Å². The first-order chi connectivity index (χ1) is 7.02. The van der Waals surface area contributed by atoms with Crippen molar-refractivity contribution < 1.29 is 9.84 Å². The molecule has 0 aromatic heterocycles. The third-order valence-corrected chi connectivity index (χ3v) is 2.88. The van der Waals surface area contributed by atoms with Crippen LogP contribution >= 0.6 is 0 Å². The third kappa shape index (κ3) is 2.13. The Morgan fingerprint density at radius 3 is 2.33 bits per heavy atom. The van der Waals surface area contributed by atoms with Crippen LogP contribution in [0.5, 0.6) is 5.75 Å². The zero-order valence-corrected chi connectivity index (χ0v) is 10.0. The Hall–Kier alpha value is -1.06. The molecule has 0 aliphatic carbocycles. The minimum Gasteiger partial charge on any atom is -0.496 e. The highest BCUT2D eigenvalue weighted by Gasteiger charge is 2.15. The Balaban J connectivity index is 3.35. The number of rotatable bonds is 3. The first-order valence-corrected chi connectivity index (χ1v) is 5.03. The molecule has 3 heteroatoms. The van der Waals surface area contributed by atoms with Crippen molar-refractivity contribution in [3.8, 4) is 5.75 Å². The summed E-state index contributed by atoms with van der Waals surface area (Å²) in [6.45, 7) is 5.98. The molecule has 2 N–H and O–H groups in total. The lowest BCUT2D eigenvalue weighted by atomic mass is 9.96. The summed E-state index contributed by atoms with van der Waals surface area (Å²) in [4.78, 5) is 0. The summed E-state index contributed by atoms with van der Waals surface area (Å²) in [7, 11) is 3.40. The molecule has 0 saturated carbocycles. The molecular formula is C12H19NO2. The Bertz CT molecular complexity index is 361. The molecule has 1 unspecified atom stereocenters. The molecule has 0 bridgehead atoms. The first-order valence-electron chi connectivity index (χ1n) is 5.03. The fourth-order valence-electron chi connectivity index (χ4n) is 1.84. The van der Waals surface area contributed by atoms with E-state index in [0.29, 0.717) is 0 Å². The van der Waals surface area contributed by atoms with Gasteiger partial charge in [-0.05, 0) is 50.6 Å². The van der Waals surface area contributed by atoms with Gasteiger partial charge in [0.25, 0.3) is 0 Å². The van der Waals surface area contributed by atoms with Crippen molar-refractivity contribution in [3.63, 3.8) is 0 Å². The summed E-state index contributed by atoms with van der Waals surface area (Å²) in [6, 6.07) is 1.96. The topological polar surface area (TPSA) is 41.5 Å². The van der Waals surface area contributed by atoms with Crippen LogP contribution in [0.15, 0.2) is 6.07 Å². The van der Waals surface area contributed by atoms with E-state index in [1.165, 1.54) is 0 Å². The standard InChI is InChI=1S/C12H19NO2/c1-7-6-10(15-5)8(2)9(3)11(7)12(14)13-4/h6,12-14H,1-5H3. The molecule has 0 heterocycles. The summed E-state index contributed by atoms with van der Waals surface area (Å²) in [5.74, 6) is 0.872. The highest BCUT2D eigenvalue weighted by Crippen LogP contribution is 2.30. The number of methoxy groups -OCH3 is 1. The summed E-state index contributed by atoms with van der Waals surface area (Å²) < 4.78 is 5.27. The number of nitrogens with one attached hydrogen (secondary N) is 1. The van der Waals surface area contributed by atoms with E-state index in [0.717, 1.165) is 28.0 Å². The Kier molecular flexibility index (Phi) is 3.72. The number of hydrogen-bond acceptors (Lipinski definition) is 3. The van der Waals surface area contributed by atoms with E-state index in [4.69, 9.17) is 4.74 Å². The summed E-state index contributed by atoms with van der Waals surface area (Å²) in [5.41, 5.74) is 4.13. The van der Waals surface area contributed by atoms with Crippen molar-refractivity contribution in [2.45, 2.75) is 27.0 Å². The van der Waals surface area contributed by atoms with Crippen LogP contribution in [0.25, 0.3) is 0 Å². The van der Waals surface area contributed by atoms with Gasteiger partial charge in [0, 0.05) is 5.56 Å². The zero-order valence-electron chi connectivity index (χ0n) is 10.0. The minimum absolute atomic E-state index is 0.616. The summed E-state index contributed by atoms with van der Waals surface area (Å²) in [6.07, 6.45) is -0.616. The molecule has 0 aliphatic rings. The smallest absolute Gasteiger partial charge is 0.131 e. The van der Waals surface area contributed by atoms with Crippen LogP contribution in [0.2, 0.25) is 0 Å². The van der Waals surface area contributed by atoms with Gasteiger partial charge in [-0.1, -0.05) is 0 Å². The van der Waals surface area contributed by atoms with E-state index >= 15 is 0 Å². The van der Waals surface area contributed by atoms with Gasteiger partial charge in [0.2, 0.25) is 0 Å². The van der Waals surface area contributed by atoms with Gasteiger partial charge in [-0.2, -0.15) is 0 Å². The van der Waals surface area contributed by atoms with Crippen LogP contribution in [0, 0.1) is 20.8 Å². The number of hydrogen-bond donors (Lipinski definition) is 2. The van der Waals surface area contributed by atoms with Crippen LogP contribution in [-0.4, -0.2) is 19.3 Å². The normalized spacial score (nSPS) is 12.7. The second-order valence-corrected chi connectivity index (χ2v) is 3.75. The van der Waals surface area contributed by atoms with Crippen molar-refractivity contribution in [2.24, 2.45) is 0 Å². The molecule has 0 spiro atoms. The molecule has 0 radical (unpaired) electrons. The second kappa shape index (κ2) is 4.64. The van der Waals surface area contributed by atoms with Crippen LogP contribution in [-0.2, 0) is 0 Å². The van der Waals surface area contributed by atoms with Gasteiger partial charge in [0.05, 0.1) is 7.11 Å². The van der Waals surface area contributed by atoms with E-state index in [2.05, 4.69) is 5.32 Å². The maximum Gasteiger partial charge on any atom is 0.131 e. The lowest BCUT2D eigenvalue weighted by molar-refractivity contribution is 0.147. The highest BCUT2D eigenvalue weighted by atomic mass is 16.5. The van der Waals surface area contributed by atoms with Crippen molar-refractivity contribution in [1.29, 1.82) is 0 Å². The van der Waals surface area contributed by atoms with Gasteiger partial charge in [-0.25, -0.2) is 0 Å². The summed E-state index contributed by atoms with van der Waals surface area (Å²) >= 11 is 0. The molecule has 0 aliphatic heterocycles. The molecule has 1 aromatic carbocycles. The molecule has 1 aromatic rings. The van der Waals surface area contributed by atoms with E-state index in [9.17, 15) is 5.11 Å². The molecule has 1 rings (SSSR count). The highest BCUT2D eigenvalue weighted by molar-refractivity contribution is 5.48. The SMILES string of the molecule is CNC(O)c1c(C)cc(OC)c(C)c1C. The van der Waals surface area contributed by atoms with Crippen LogP contribution in [0.3, 0.4) is 0 Å². The van der Waals surface area contributed by atoms with Gasteiger partial charge < -0.3 is 9.84 Å². The van der Waals surface area contributed by atoms with Crippen molar-refractivity contribution in [2.75, 3.05) is 14.2 Å². The van der Waals surface area contributed by atoms with E-state index in [1.807, 2.05) is 26.8 Å². The molecule has 84 valence electrons. The number of aliphatic hydroxyl groups is 1. The fourth-order valence-corrected chi connectivity index (χ4v) is 1.84. The quantitative estimate of drug-likeness (QED) is 0.746. The Labute approximate surface area is 91.1 Å². The van der Waals surface area contributed by atoms with E-state index in [-0.39, 0.29) is 0 Å². The molecule has 1 atom stereocenters.